The molecule has 4 aromatic rings. The number of nitrogens with one attached hydrogen (secondary N) is 1. The van der Waals surface area contributed by atoms with Gasteiger partial charge in [0.2, 0.25) is 5.91 Å². The number of carbonyl (C=O) groups excluding carboxylic acids is 1. The maximum absolute atomic E-state index is 13.4. The molecule has 0 aliphatic heterocycles. The van der Waals surface area contributed by atoms with Crippen molar-refractivity contribution in [3.63, 3.8) is 0 Å². The van der Waals surface area contributed by atoms with E-state index in [4.69, 9.17) is 32.7 Å². The van der Waals surface area contributed by atoms with Crippen LogP contribution in [0.25, 0.3) is 5.69 Å². The number of amides is 1. The lowest BCUT2D eigenvalue weighted by Crippen LogP contribution is -2.15. The van der Waals surface area contributed by atoms with Gasteiger partial charge in [0, 0.05) is 16.4 Å². The Kier molecular flexibility index (Phi) is 8.12. The van der Waals surface area contributed by atoms with Gasteiger partial charge in [0.1, 0.15) is 23.9 Å². The average molecular weight is 533 g/mol. The molecule has 0 radical (unpaired) electrons. The summed E-state index contributed by atoms with van der Waals surface area (Å²) in [5.74, 6) is 1.05. The number of halogens is 3. The quantitative estimate of drug-likeness (QED) is 0.265. The van der Waals surface area contributed by atoms with Gasteiger partial charge in [0.05, 0.1) is 17.9 Å². The number of rotatable bonds is 9. The number of hydrogen-bond donors (Lipinski definition) is 1. The molecule has 1 heterocycles. The molecule has 11 heteroatoms. The molecule has 0 fully saturated rings. The minimum absolute atomic E-state index is 0.0430. The minimum atomic E-state index is -0.556. The topological polar surface area (TPSA) is 78.3 Å². The van der Waals surface area contributed by atoms with Gasteiger partial charge in [0.25, 0.3) is 0 Å². The van der Waals surface area contributed by atoms with E-state index in [1.54, 1.807) is 31.4 Å². The fourth-order valence-corrected chi connectivity index (χ4v) is 4.14. The molecule has 0 saturated carbocycles. The van der Waals surface area contributed by atoms with Crippen molar-refractivity contribution >= 4 is 46.6 Å². The largest absolute Gasteiger partial charge is 0.497 e. The Morgan fingerprint density at radius 1 is 1.03 bits per heavy atom. The Morgan fingerprint density at radius 3 is 2.43 bits per heavy atom. The van der Waals surface area contributed by atoms with E-state index in [1.165, 1.54) is 30.0 Å². The third-order valence-electron chi connectivity index (χ3n) is 4.75. The highest BCUT2D eigenvalue weighted by Gasteiger charge is 2.17. The van der Waals surface area contributed by atoms with Crippen LogP contribution in [0.1, 0.15) is 5.82 Å². The van der Waals surface area contributed by atoms with Gasteiger partial charge in [-0.3, -0.25) is 9.36 Å². The third kappa shape index (κ3) is 6.45. The summed E-state index contributed by atoms with van der Waals surface area (Å²) in [6, 6.07) is 18.3. The molecule has 7 nitrogen and oxygen atoms in total. The first kappa shape index (κ1) is 24.8. The van der Waals surface area contributed by atoms with Crippen LogP contribution in [-0.2, 0) is 11.4 Å². The molecule has 1 amide bonds. The fraction of sp³-hybridized carbons (Fsp3) is 0.125. The highest BCUT2D eigenvalue weighted by Crippen LogP contribution is 2.26. The highest BCUT2D eigenvalue weighted by molar-refractivity contribution is 7.99. The Hall–Kier alpha value is -3.27. The predicted octanol–water partition coefficient (Wildman–Crippen LogP) is 6.03. The predicted molar refractivity (Wildman–Crippen MR) is 134 cm³/mol. The molecule has 0 unspecified atom stereocenters. The maximum atomic E-state index is 13.4. The zero-order valence-electron chi connectivity index (χ0n) is 18.4. The van der Waals surface area contributed by atoms with Crippen molar-refractivity contribution in [2.75, 3.05) is 18.2 Å². The average Bonchev–Trinajstić information content (AvgIpc) is 3.27. The number of benzene rings is 3. The monoisotopic (exact) mass is 532 g/mol. The van der Waals surface area contributed by atoms with Crippen molar-refractivity contribution in [3.8, 4) is 17.2 Å². The number of thioether (sulfide) groups is 1. The molecule has 1 aromatic heterocycles. The number of aromatic nitrogens is 3. The van der Waals surface area contributed by atoms with E-state index in [0.717, 1.165) is 5.69 Å². The molecule has 4 rings (SSSR count). The molecule has 0 atom stereocenters. The summed E-state index contributed by atoms with van der Waals surface area (Å²) in [6.07, 6.45) is 0. The Balaban J connectivity index is 1.51. The summed E-state index contributed by atoms with van der Waals surface area (Å²) in [5, 5.41) is 12.3. The first-order valence-electron chi connectivity index (χ1n) is 10.3. The normalized spacial score (nSPS) is 10.7. The number of hydrogen-bond acceptors (Lipinski definition) is 6. The zero-order chi connectivity index (χ0) is 24.8. The number of nitrogens with zero attached hydrogens (tertiary/aromatic N) is 3. The van der Waals surface area contributed by atoms with Gasteiger partial charge in [-0.1, -0.05) is 35.0 Å². The second-order valence-corrected chi connectivity index (χ2v) is 8.93. The summed E-state index contributed by atoms with van der Waals surface area (Å²) in [7, 11) is 1.59. The highest BCUT2D eigenvalue weighted by atomic mass is 35.5. The van der Waals surface area contributed by atoms with Crippen LogP contribution in [0.3, 0.4) is 0 Å². The first-order chi connectivity index (χ1) is 16.9. The van der Waals surface area contributed by atoms with E-state index in [1.807, 2.05) is 28.8 Å². The number of methoxy groups -OCH3 is 1. The summed E-state index contributed by atoms with van der Waals surface area (Å²) in [4.78, 5) is 12.5. The lowest BCUT2D eigenvalue weighted by molar-refractivity contribution is -0.113. The van der Waals surface area contributed by atoms with E-state index in [2.05, 4.69) is 15.5 Å². The lowest BCUT2D eigenvalue weighted by Gasteiger charge is -2.12. The number of anilines is 1. The smallest absolute Gasteiger partial charge is 0.234 e. The lowest BCUT2D eigenvalue weighted by atomic mass is 10.3. The minimum Gasteiger partial charge on any atom is -0.497 e. The van der Waals surface area contributed by atoms with Gasteiger partial charge in [-0.15, -0.1) is 10.2 Å². The van der Waals surface area contributed by atoms with Crippen molar-refractivity contribution < 1.29 is 18.7 Å². The molecule has 0 saturated heterocycles. The van der Waals surface area contributed by atoms with Crippen LogP contribution in [0.15, 0.2) is 71.9 Å². The molecule has 35 heavy (non-hydrogen) atoms. The first-order valence-corrected chi connectivity index (χ1v) is 12.0. The Labute approximate surface area is 215 Å². The number of ether oxygens (including phenoxy) is 2. The van der Waals surface area contributed by atoms with Crippen LogP contribution in [0, 0.1) is 5.82 Å². The van der Waals surface area contributed by atoms with Crippen LogP contribution >= 0.6 is 35.0 Å². The molecular weight excluding hydrogens is 514 g/mol. The number of carbonyl (C=O) groups is 1. The molecule has 3 aromatic carbocycles. The van der Waals surface area contributed by atoms with Crippen LogP contribution < -0.4 is 14.8 Å². The fourth-order valence-electron chi connectivity index (χ4n) is 3.06. The molecule has 180 valence electrons. The Morgan fingerprint density at radius 2 is 1.74 bits per heavy atom. The molecule has 0 aliphatic carbocycles. The second-order valence-electron chi connectivity index (χ2n) is 7.14. The van der Waals surface area contributed by atoms with Gasteiger partial charge in [-0.2, -0.15) is 0 Å². The van der Waals surface area contributed by atoms with Gasteiger partial charge in [0.15, 0.2) is 11.0 Å². The zero-order valence-corrected chi connectivity index (χ0v) is 20.7. The Bertz CT molecular complexity index is 1320. The van der Waals surface area contributed by atoms with E-state index >= 15 is 0 Å². The summed E-state index contributed by atoms with van der Waals surface area (Å²) in [6.45, 7) is 0.140. The van der Waals surface area contributed by atoms with Crippen LogP contribution in [0.2, 0.25) is 10.0 Å². The van der Waals surface area contributed by atoms with E-state index in [9.17, 15) is 9.18 Å². The van der Waals surface area contributed by atoms with Gasteiger partial charge >= 0.3 is 0 Å². The van der Waals surface area contributed by atoms with E-state index in [0.29, 0.717) is 33.2 Å². The van der Waals surface area contributed by atoms with Crippen molar-refractivity contribution in [1.82, 2.24) is 14.8 Å². The van der Waals surface area contributed by atoms with Gasteiger partial charge in [-0.25, -0.2) is 4.39 Å². The van der Waals surface area contributed by atoms with Crippen LogP contribution in [0.5, 0.6) is 11.5 Å². The van der Waals surface area contributed by atoms with Crippen molar-refractivity contribution in [2.45, 2.75) is 11.8 Å². The van der Waals surface area contributed by atoms with Crippen molar-refractivity contribution in [3.05, 3.63) is 88.4 Å². The van der Waals surface area contributed by atoms with Crippen molar-refractivity contribution in [1.29, 1.82) is 0 Å². The van der Waals surface area contributed by atoms with Crippen LogP contribution in [0.4, 0.5) is 10.1 Å². The summed E-state index contributed by atoms with van der Waals surface area (Å²) < 4.78 is 26.3. The molecule has 0 aliphatic rings. The molecular formula is C24H19Cl2FN4O3S. The van der Waals surface area contributed by atoms with Gasteiger partial charge < -0.3 is 14.8 Å². The molecule has 0 bridgehead atoms. The molecule has 0 spiro atoms. The molecule has 1 N–H and O–H groups in total. The second kappa shape index (κ2) is 11.4. The summed E-state index contributed by atoms with van der Waals surface area (Å²) >= 11 is 12.9. The standard InChI is InChI=1S/C24H19Cl2FN4O3S/c1-33-18-9-5-17(6-10-18)31-22(13-34-19-7-2-15(25)3-8-19)29-30-24(31)35-14-23(32)28-16-4-11-21(27)20(26)12-16/h2-12H,13-14H2,1H3,(H,28,32). The summed E-state index contributed by atoms with van der Waals surface area (Å²) in [5.41, 5.74) is 1.18. The van der Waals surface area contributed by atoms with Crippen molar-refractivity contribution in [2.24, 2.45) is 0 Å². The van der Waals surface area contributed by atoms with E-state index in [-0.39, 0.29) is 23.3 Å². The SMILES string of the molecule is COc1ccc(-n2c(COc3ccc(Cl)cc3)nnc2SCC(=O)Nc2ccc(F)c(Cl)c2)cc1. The van der Waals surface area contributed by atoms with E-state index < -0.39 is 5.82 Å². The third-order valence-corrected chi connectivity index (χ3v) is 6.22. The maximum Gasteiger partial charge on any atom is 0.234 e. The van der Waals surface area contributed by atoms with Crippen LogP contribution in [-0.4, -0.2) is 33.5 Å². The van der Waals surface area contributed by atoms with Gasteiger partial charge in [-0.05, 0) is 66.7 Å².